The Morgan fingerprint density at radius 2 is 2.05 bits per heavy atom. The number of nitrogens with two attached hydrogens (primary N) is 1. The second kappa shape index (κ2) is 4.09. The van der Waals surface area contributed by atoms with Gasteiger partial charge in [0.25, 0.3) is 0 Å². The summed E-state index contributed by atoms with van der Waals surface area (Å²) >= 11 is 0. The molecule has 110 valence electrons. The molecule has 0 amide bonds. The highest BCUT2D eigenvalue weighted by atomic mass is 15.1. The lowest BCUT2D eigenvalue weighted by atomic mass is 9.43. The average molecular weight is 273 g/mol. The Hall–Kier alpha value is -0.830. The molecule has 2 N–H and O–H groups in total. The van der Waals surface area contributed by atoms with Gasteiger partial charge >= 0.3 is 0 Å². The van der Waals surface area contributed by atoms with Crippen LogP contribution in [0, 0.1) is 22.7 Å². The number of aromatic nitrogens is 2. The highest BCUT2D eigenvalue weighted by molar-refractivity contribution is 5.14. The first-order valence-electron chi connectivity index (χ1n) is 8.30. The molecule has 3 nitrogen and oxygen atoms in total. The van der Waals surface area contributed by atoms with Crippen LogP contribution in [0.4, 0.5) is 0 Å². The third kappa shape index (κ3) is 1.71. The Morgan fingerprint density at radius 3 is 2.65 bits per heavy atom. The minimum Gasteiger partial charge on any atom is -0.334 e. The lowest BCUT2D eigenvalue weighted by Crippen LogP contribution is -2.54. The van der Waals surface area contributed by atoms with E-state index >= 15 is 0 Å². The molecule has 0 aromatic carbocycles. The SMILES string of the molecule is CCn1ccnc1C(N)C12CC3CC(CC(C)(C3)C1)C2. The monoisotopic (exact) mass is 273 g/mol. The summed E-state index contributed by atoms with van der Waals surface area (Å²) in [7, 11) is 0. The van der Waals surface area contributed by atoms with Gasteiger partial charge in [0.05, 0.1) is 6.04 Å². The van der Waals surface area contributed by atoms with Gasteiger partial charge in [0.2, 0.25) is 0 Å². The van der Waals surface area contributed by atoms with E-state index in [2.05, 4.69) is 29.6 Å². The van der Waals surface area contributed by atoms with E-state index in [1.54, 1.807) is 0 Å². The number of aryl methyl sites for hydroxylation is 1. The molecule has 20 heavy (non-hydrogen) atoms. The average Bonchev–Trinajstić information content (AvgIpc) is 2.82. The zero-order valence-corrected chi connectivity index (χ0v) is 12.8. The molecule has 1 aromatic rings. The molecule has 4 aliphatic rings. The maximum absolute atomic E-state index is 6.79. The topological polar surface area (TPSA) is 43.8 Å². The number of nitrogens with zero attached hydrogens (tertiary/aromatic N) is 2. The van der Waals surface area contributed by atoms with Crippen LogP contribution >= 0.6 is 0 Å². The standard InChI is InChI=1S/C17H27N3/c1-3-20-5-4-19-15(20)14(18)17-9-12-6-13(10-17)8-16(2,7-12)11-17/h4-5,12-14H,3,6-11,18H2,1-2H3. The Morgan fingerprint density at radius 1 is 1.35 bits per heavy atom. The van der Waals surface area contributed by atoms with E-state index in [1.165, 1.54) is 38.5 Å². The first kappa shape index (κ1) is 12.9. The van der Waals surface area contributed by atoms with E-state index in [9.17, 15) is 0 Å². The summed E-state index contributed by atoms with van der Waals surface area (Å²) < 4.78 is 2.24. The lowest BCUT2D eigenvalue weighted by Gasteiger charge is -2.62. The van der Waals surface area contributed by atoms with Crippen LogP contribution in [-0.4, -0.2) is 9.55 Å². The fourth-order valence-electron chi connectivity index (χ4n) is 6.30. The van der Waals surface area contributed by atoms with Crippen LogP contribution in [0.2, 0.25) is 0 Å². The Kier molecular flexibility index (Phi) is 2.64. The van der Waals surface area contributed by atoms with Crippen molar-refractivity contribution >= 4 is 0 Å². The van der Waals surface area contributed by atoms with E-state index < -0.39 is 0 Å². The molecule has 5 rings (SSSR count). The molecule has 4 fully saturated rings. The number of imidazole rings is 1. The third-order valence-corrected chi connectivity index (χ3v) is 6.43. The van der Waals surface area contributed by atoms with Crippen molar-refractivity contribution in [2.75, 3.05) is 0 Å². The van der Waals surface area contributed by atoms with E-state index in [0.717, 1.165) is 24.2 Å². The van der Waals surface area contributed by atoms with E-state index in [4.69, 9.17) is 5.73 Å². The normalized spacial score (nSPS) is 44.0. The molecule has 0 spiro atoms. The molecular weight excluding hydrogens is 246 g/mol. The second-order valence-electron chi connectivity index (χ2n) is 8.18. The van der Waals surface area contributed by atoms with Gasteiger partial charge < -0.3 is 10.3 Å². The van der Waals surface area contributed by atoms with Crippen LogP contribution in [0.3, 0.4) is 0 Å². The van der Waals surface area contributed by atoms with E-state index in [0.29, 0.717) is 10.8 Å². The summed E-state index contributed by atoms with van der Waals surface area (Å²) in [5.74, 6) is 2.98. The van der Waals surface area contributed by atoms with E-state index in [-0.39, 0.29) is 6.04 Å². The van der Waals surface area contributed by atoms with Crippen molar-refractivity contribution in [3.63, 3.8) is 0 Å². The lowest BCUT2D eigenvalue weighted by molar-refractivity contribution is -0.115. The van der Waals surface area contributed by atoms with Crippen molar-refractivity contribution in [2.24, 2.45) is 28.4 Å². The van der Waals surface area contributed by atoms with Crippen molar-refractivity contribution in [1.82, 2.24) is 9.55 Å². The molecule has 0 radical (unpaired) electrons. The smallest absolute Gasteiger partial charge is 0.126 e. The fourth-order valence-corrected chi connectivity index (χ4v) is 6.30. The summed E-state index contributed by atoms with van der Waals surface area (Å²) in [5, 5.41) is 0. The molecule has 0 aliphatic heterocycles. The van der Waals surface area contributed by atoms with Gasteiger partial charge in [-0.25, -0.2) is 4.98 Å². The van der Waals surface area contributed by atoms with Gasteiger partial charge in [-0.1, -0.05) is 6.92 Å². The van der Waals surface area contributed by atoms with E-state index in [1.807, 2.05) is 6.20 Å². The zero-order chi connectivity index (χ0) is 14.0. The minimum absolute atomic E-state index is 0.127. The first-order valence-corrected chi connectivity index (χ1v) is 8.30. The van der Waals surface area contributed by atoms with Crippen molar-refractivity contribution in [3.05, 3.63) is 18.2 Å². The number of hydrogen-bond donors (Lipinski definition) is 1. The summed E-state index contributed by atoms with van der Waals surface area (Å²) in [4.78, 5) is 4.60. The molecule has 1 aromatic heterocycles. The van der Waals surface area contributed by atoms with Gasteiger partial charge in [0.1, 0.15) is 5.82 Å². The zero-order valence-electron chi connectivity index (χ0n) is 12.8. The Labute approximate surface area is 122 Å². The minimum atomic E-state index is 0.127. The predicted octanol–water partition coefficient (Wildman–Crippen LogP) is 3.51. The summed E-state index contributed by atoms with van der Waals surface area (Å²) in [6, 6.07) is 0.127. The summed E-state index contributed by atoms with van der Waals surface area (Å²) in [6.07, 6.45) is 12.4. The Bertz CT molecular complexity index is 504. The highest BCUT2D eigenvalue weighted by Crippen LogP contribution is 2.67. The maximum atomic E-state index is 6.79. The molecule has 4 saturated carbocycles. The molecule has 3 unspecified atom stereocenters. The van der Waals surface area contributed by atoms with Crippen molar-refractivity contribution in [1.29, 1.82) is 0 Å². The van der Waals surface area contributed by atoms with Gasteiger partial charge in [-0.05, 0) is 68.1 Å². The van der Waals surface area contributed by atoms with Gasteiger partial charge in [-0.15, -0.1) is 0 Å². The van der Waals surface area contributed by atoms with Crippen LogP contribution < -0.4 is 5.73 Å². The third-order valence-electron chi connectivity index (χ3n) is 6.43. The van der Waals surface area contributed by atoms with Gasteiger partial charge in [0.15, 0.2) is 0 Å². The van der Waals surface area contributed by atoms with Crippen LogP contribution in [-0.2, 0) is 6.54 Å². The van der Waals surface area contributed by atoms with Crippen molar-refractivity contribution in [2.45, 2.75) is 65.0 Å². The molecular formula is C17H27N3. The van der Waals surface area contributed by atoms with Crippen LogP contribution in [0.15, 0.2) is 12.4 Å². The van der Waals surface area contributed by atoms with Gasteiger partial charge in [-0.2, -0.15) is 0 Å². The molecule has 4 aliphatic carbocycles. The Balaban J connectivity index is 1.70. The molecule has 1 heterocycles. The number of hydrogen-bond acceptors (Lipinski definition) is 2. The van der Waals surface area contributed by atoms with Gasteiger partial charge in [-0.3, -0.25) is 0 Å². The quantitative estimate of drug-likeness (QED) is 0.916. The largest absolute Gasteiger partial charge is 0.334 e. The maximum Gasteiger partial charge on any atom is 0.126 e. The first-order chi connectivity index (χ1) is 9.54. The summed E-state index contributed by atoms with van der Waals surface area (Å²) in [5.41, 5.74) is 7.68. The van der Waals surface area contributed by atoms with Crippen LogP contribution in [0.25, 0.3) is 0 Å². The van der Waals surface area contributed by atoms with Gasteiger partial charge in [0, 0.05) is 18.9 Å². The molecule has 3 atom stereocenters. The highest BCUT2D eigenvalue weighted by Gasteiger charge is 2.58. The second-order valence-corrected chi connectivity index (χ2v) is 8.18. The fraction of sp³-hybridized carbons (Fsp3) is 0.824. The van der Waals surface area contributed by atoms with Crippen LogP contribution in [0.5, 0.6) is 0 Å². The predicted molar refractivity (Wildman–Crippen MR) is 80.1 cm³/mol. The van der Waals surface area contributed by atoms with Crippen molar-refractivity contribution in [3.8, 4) is 0 Å². The van der Waals surface area contributed by atoms with Crippen molar-refractivity contribution < 1.29 is 0 Å². The summed E-state index contributed by atoms with van der Waals surface area (Å²) in [6.45, 7) is 5.67. The number of rotatable bonds is 3. The molecule has 0 saturated heterocycles. The molecule has 4 bridgehead atoms. The van der Waals surface area contributed by atoms with Crippen LogP contribution in [0.1, 0.15) is 64.2 Å². The molecule has 3 heteroatoms.